The van der Waals surface area contributed by atoms with Gasteiger partial charge in [-0.25, -0.2) is 4.79 Å². The van der Waals surface area contributed by atoms with E-state index in [0.717, 1.165) is 25.7 Å². The molecule has 5 heteroatoms. The van der Waals surface area contributed by atoms with Gasteiger partial charge in [0.2, 0.25) is 0 Å². The van der Waals surface area contributed by atoms with Crippen molar-refractivity contribution in [2.45, 2.75) is 65.0 Å². The highest BCUT2D eigenvalue weighted by Gasteiger charge is 2.32. The number of carbonyl (C=O) groups excluding carboxylic acids is 1. The first-order valence-corrected chi connectivity index (χ1v) is 6.90. The number of nitrogens with zero attached hydrogens (tertiary/aromatic N) is 1. The van der Waals surface area contributed by atoms with E-state index >= 15 is 0 Å². The van der Waals surface area contributed by atoms with E-state index in [1.54, 1.807) is 20.8 Å². The van der Waals surface area contributed by atoms with Crippen LogP contribution in [0.15, 0.2) is 0 Å². The second-order valence-corrected chi connectivity index (χ2v) is 6.42. The van der Waals surface area contributed by atoms with E-state index in [9.17, 15) is 9.59 Å². The Morgan fingerprint density at radius 1 is 1.21 bits per heavy atom. The molecule has 1 rings (SSSR count). The molecule has 5 nitrogen and oxygen atoms in total. The minimum Gasteiger partial charge on any atom is -0.480 e. The highest BCUT2D eigenvalue weighted by Crippen LogP contribution is 2.28. The van der Waals surface area contributed by atoms with Gasteiger partial charge in [-0.15, -0.1) is 0 Å². The van der Waals surface area contributed by atoms with Crippen molar-refractivity contribution >= 4 is 12.1 Å². The number of hydrogen-bond acceptors (Lipinski definition) is 3. The summed E-state index contributed by atoms with van der Waals surface area (Å²) in [6.07, 6.45) is 3.25. The molecular weight excluding hydrogens is 246 g/mol. The lowest BCUT2D eigenvalue weighted by Crippen LogP contribution is -2.47. The Kier molecular flexibility index (Phi) is 5.20. The molecule has 1 aliphatic rings. The van der Waals surface area contributed by atoms with Crippen molar-refractivity contribution < 1.29 is 19.4 Å². The molecule has 1 fully saturated rings. The molecule has 1 amide bonds. The molecule has 0 heterocycles. The van der Waals surface area contributed by atoms with Crippen LogP contribution < -0.4 is 0 Å². The topological polar surface area (TPSA) is 66.8 Å². The van der Waals surface area contributed by atoms with Gasteiger partial charge in [0.15, 0.2) is 0 Å². The van der Waals surface area contributed by atoms with Crippen LogP contribution in [0.1, 0.15) is 53.4 Å². The van der Waals surface area contributed by atoms with Crippen LogP contribution in [0.2, 0.25) is 0 Å². The van der Waals surface area contributed by atoms with Gasteiger partial charge in [0.1, 0.15) is 12.1 Å². The number of ether oxygens (including phenoxy) is 1. The predicted molar refractivity (Wildman–Crippen MR) is 72.0 cm³/mol. The summed E-state index contributed by atoms with van der Waals surface area (Å²) in [6.45, 7) is 7.26. The Bertz CT molecular complexity index is 327. The lowest BCUT2D eigenvalue weighted by atomic mass is 9.86. The Morgan fingerprint density at radius 2 is 1.74 bits per heavy atom. The number of aliphatic carboxylic acids is 1. The Balaban J connectivity index is 2.71. The highest BCUT2D eigenvalue weighted by atomic mass is 16.6. The molecule has 1 N–H and O–H groups in total. The maximum atomic E-state index is 12.1. The van der Waals surface area contributed by atoms with Gasteiger partial charge >= 0.3 is 12.1 Å². The second-order valence-electron chi connectivity index (χ2n) is 6.42. The number of amides is 1. The van der Waals surface area contributed by atoms with Crippen LogP contribution in [-0.2, 0) is 9.53 Å². The Morgan fingerprint density at radius 3 is 2.16 bits per heavy atom. The normalized spacial score (nSPS) is 23.8. The smallest absolute Gasteiger partial charge is 0.411 e. The molecule has 0 aromatic carbocycles. The standard InChI is InChI=1S/C14H25NO4/c1-10-5-7-11(8-6-10)15(9-12(16)17)13(18)19-14(2,3)4/h10-11H,5-9H2,1-4H3,(H,16,17). The van der Waals surface area contributed by atoms with E-state index in [2.05, 4.69) is 6.92 Å². The molecule has 0 radical (unpaired) electrons. The first-order chi connectivity index (χ1) is 8.69. The third kappa shape index (κ3) is 5.49. The van der Waals surface area contributed by atoms with Crippen molar-refractivity contribution in [1.29, 1.82) is 0 Å². The average molecular weight is 271 g/mol. The van der Waals surface area contributed by atoms with E-state index in [-0.39, 0.29) is 12.6 Å². The third-order valence-electron chi connectivity index (χ3n) is 3.36. The predicted octanol–water partition coefficient (Wildman–Crippen LogP) is 2.89. The van der Waals surface area contributed by atoms with E-state index in [4.69, 9.17) is 9.84 Å². The van der Waals surface area contributed by atoms with Crippen LogP contribution in [0.5, 0.6) is 0 Å². The number of rotatable bonds is 3. The summed E-state index contributed by atoms with van der Waals surface area (Å²) in [7, 11) is 0. The van der Waals surface area contributed by atoms with Gasteiger partial charge in [0, 0.05) is 6.04 Å². The summed E-state index contributed by atoms with van der Waals surface area (Å²) in [5.74, 6) is -0.342. The van der Waals surface area contributed by atoms with Crippen molar-refractivity contribution in [3.05, 3.63) is 0 Å². The van der Waals surface area contributed by atoms with Gasteiger partial charge in [-0.1, -0.05) is 6.92 Å². The lowest BCUT2D eigenvalue weighted by Gasteiger charge is -2.36. The Labute approximate surface area is 114 Å². The molecule has 110 valence electrons. The van der Waals surface area contributed by atoms with Gasteiger partial charge in [-0.05, 0) is 52.4 Å². The van der Waals surface area contributed by atoms with E-state index in [1.165, 1.54) is 4.90 Å². The summed E-state index contributed by atoms with van der Waals surface area (Å²) in [5, 5.41) is 8.96. The number of carboxylic acids is 1. The van der Waals surface area contributed by atoms with Crippen LogP contribution >= 0.6 is 0 Å². The van der Waals surface area contributed by atoms with Crippen LogP contribution in [0.25, 0.3) is 0 Å². The van der Waals surface area contributed by atoms with Crippen LogP contribution in [0.3, 0.4) is 0 Å². The number of carboxylic acid groups (broad SMARTS) is 1. The fourth-order valence-corrected chi connectivity index (χ4v) is 2.36. The molecule has 1 aliphatic carbocycles. The molecule has 1 saturated carbocycles. The first kappa shape index (κ1) is 15.8. The van der Waals surface area contributed by atoms with Gasteiger partial charge in [0.05, 0.1) is 0 Å². The van der Waals surface area contributed by atoms with Crippen molar-refractivity contribution in [3.8, 4) is 0 Å². The summed E-state index contributed by atoms with van der Waals surface area (Å²) in [4.78, 5) is 24.4. The molecule has 19 heavy (non-hydrogen) atoms. The molecule has 0 spiro atoms. The number of carbonyl (C=O) groups is 2. The maximum Gasteiger partial charge on any atom is 0.411 e. The molecular formula is C14H25NO4. The highest BCUT2D eigenvalue weighted by molar-refractivity contribution is 5.77. The monoisotopic (exact) mass is 271 g/mol. The van der Waals surface area contributed by atoms with E-state index in [1.807, 2.05) is 0 Å². The van der Waals surface area contributed by atoms with Crippen molar-refractivity contribution in [2.24, 2.45) is 5.92 Å². The number of hydrogen-bond donors (Lipinski definition) is 1. The minimum atomic E-state index is -0.996. The molecule has 0 bridgehead atoms. The molecule has 0 saturated heterocycles. The molecule has 0 atom stereocenters. The molecule has 0 aromatic heterocycles. The lowest BCUT2D eigenvalue weighted by molar-refractivity contribution is -0.139. The minimum absolute atomic E-state index is 0.0119. The fourth-order valence-electron chi connectivity index (χ4n) is 2.36. The zero-order valence-electron chi connectivity index (χ0n) is 12.3. The maximum absolute atomic E-state index is 12.1. The van der Waals surface area contributed by atoms with Crippen LogP contribution in [0.4, 0.5) is 4.79 Å². The summed E-state index contributed by atoms with van der Waals surface area (Å²) in [6, 6.07) is -0.0119. The van der Waals surface area contributed by atoms with Crippen LogP contribution in [0, 0.1) is 5.92 Å². The van der Waals surface area contributed by atoms with Gasteiger partial charge in [-0.2, -0.15) is 0 Å². The van der Waals surface area contributed by atoms with Gasteiger partial charge in [-0.3, -0.25) is 9.69 Å². The second kappa shape index (κ2) is 6.26. The van der Waals surface area contributed by atoms with Gasteiger partial charge < -0.3 is 9.84 Å². The van der Waals surface area contributed by atoms with Gasteiger partial charge in [0.25, 0.3) is 0 Å². The summed E-state index contributed by atoms with van der Waals surface area (Å²) in [5.41, 5.74) is -0.601. The summed E-state index contributed by atoms with van der Waals surface area (Å²) < 4.78 is 5.30. The van der Waals surface area contributed by atoms with Crippen molar-refractivity contribution in [3.63, 3.8) is 0 Å². The zero-order chi connectivity index (χ0) is 14.6. The van der Waals surface area contributed by atoms with E-state index in [0.29, 0.717) is 5.92 Å². The third-order valence-corrected chi connectivity index (χ3v) is 3.36. The van der Waals surface area contributed by atoms with E-state index < -0.39 is 17.7 Å². The first-order valence-electron chi connectivity index (χ1n) is 6.90. The largest absolute Gasteiger partial charge is 0.480 e. The van der Waals surface area contributed by atoms with Crippen molar-refractivity contribution in [1.82, 2.24) is 4.90 Å². The Hall–Kier alpha value is -1.26. The fraction of sp³-hybridized carbons (Fsp3) is 0.857. The van der Waals surface area contributed by atoms with Crippen molar-refractivity contribution in [2.75, 3.05) is 6.54 Å². The zero-order valence-corrected chi connectivity index (χ0v) is 12.3. The average Bonchev–Trinajstić information content (AvgIpc) is 2.24. The molecule has 0 unspecified atom stereocenters. The molecule has 0 aromatic rings. The quantitative estimate of drug-likeness (QED) is 0.857. The SMILES string of the molecule is CC1CCC(N(CC(=O)O)C(=O)OC(C)(C)C)CC1. The molecule has 0 aliphatic heterocycles. The summed E-state index contributed by atoms with van der Waals surface area (Å²) >= 11 is 0. The van der Waals surface area contributed by atoms with Crippen LogP contribution in [-0.4, -0.2) is 40.3 Å².